The molecule has 0 saturated carbocycles. The number of nitrogens with zero attached hydrogens (tertiary/aromatic N) is 4. The summed E-state index contributed by atoms with van der Waals surface area (Å²) in [5.41, 5.74) is 11.2. The van der Waals surface area contributed by atoms with Gasteiger partial charge in [-0.3, -0.25) is 4.57 Å². The Hall–Kier alpha value is -6.98. The van der Waals surface area contributed by atoms with E-state index >= 15 is 0 Å². The molecule has 0 fully saturated rings. The number of benzene rings is 7. The van der Waals surface area contributed by atoms with E-state index in [0.717, 1.165) is 77.6 Å². The van der Waals surface area contributed by atoms with Crippen LogP contribution < -0.4 is 0 Å². The number of aromatic nitrogens is 4. The fourth-order valence-electron chi connectivity index (χ4n) is 7.91. The highest BCUT2D eigenvalue weighted by atomic mass is 16.3. The predicted molar refractivity (Wildman–Crippen MR) is 209 cm³/mol. The summed E-state index contributed by atoms with van der Waals surface area (Å²) < 4.78 is 10.8. The number of fused-ring (bicyclic) bond motifs is 10. The zero-order valence-electron chi connectivity index (χ0n) is 27.4. The minimum atomic E-state index is 0.641. The molecule has 238 valence electrons. The Labute approximate surface area is 292 Å². The van der Waals surface area contributed by atoms with Crippen LogP contribution in [0.5, 0.6) is 0 Å². The first-order valence-corrected chi connectivity index (χ1v) is 17.2. The van der Waals surface area contributed by atoms with E-state index in [1.165, 1.54) is 16.2 Å². The van der Waals surface area contributed by atoms with Gasteiger partial charge >= 0.3 is 0 Å². The van der Waals surface area contributed by atoms with Gasteiger partial charge in [-0.1, -0.05) is 115 Å². The van der Waals surface area contributed by atoms with Crippen molar-refractivity contribution in [2.45, 2.75) is 0 Å². The van der Waals surface area contributed by atoms with E-state index in [1.807, 2.05) is 24.3 Å². The van der Waals surface area contributed by atoms with Crippen LogP contribution in [0, 0.1) is 0 Å². The van der Waals surface area contributed by atoms with Gasteiger partial charge in [0.1, 0.15) is 11.2 Å². The summed E-state index contributed by atoms with van der Waals surface area (Å²) in [5, 5.41) is 6.97. The quantitative estimate of drug-likeness (QED) is 0.190. The summed E-state index contributed by atoms with van der Waals surface area (Å²) >= 11 is 0. The molecule has 0 saturated heterocycles. The molecule has 5 heteroatoms. The molecule has 0 spiro atoms. The van der Waals surface area contributed by atoms with E-state index in [4.69, 9.17) is 14.4 Å². The van der Waals surface area contributed by atoms with Crippen LogP contribution in [0.1, 0.15) is 0 Å². The van der Waals surface area contributed by atoms with Crippen LogP contribution in [0.3, 0.4) is 0 Å². The molecule has 4 aromatic heterocycles. The van der Waals surface area contributed by atoms with E-state index in [0.29, 0.717) is 5.95 Å². The summed E-state index contributed by atoms with van der Waals surface area (Å²) in [5.74, 6) is 0.641. The fourth-order valence-corrected chi connectivity index (χ4v) is 7.91. The van der Waals surface area contributed by atoms with Gasteiger partial charge in [0, 0.05) is 49.1 Å². The van der Waals surface area contributed by atoms with Gasteiger partial charge in [0.2, 0.25) is 5.95 Å². The lowest BCUT2D eigenvalue weighted by Crippen LogP contribution is -2.04. The monoisotopic (exact) mass is 652 g/mol. The zero-order valence-corrected chi connectivity index (χ0v) is 27.4. The molecule has 0 radical (unpaired) electrons. The fraction of sp³-hybridized carbons (Fsp3) is 0. The summed E-state index contributed by atoms with van der Waals surface area (Å²) in [6.07, 6.45) is 0. The van der Waals surface area contributed by atoms with Crippen molar-refractivity contribution in [3.8, 4) is 34.2 Å². The predicted octanol–water partition coefficient (Wildman–Crippen LogP) is 11.9. The summed E-state index contributed by atoms with van der Waals surface area (Å²) in [6, 6.07) is 59.4. The second-order valence-corrected chi connectivity index (χ2v) is 13.0. The highest BCUT2D eigenvalue weighted by Gasteiger charge is 2.22. The van der Waals surface area contributed by atoms with Crippen molar-refractivity contribution in [2.24, 2.45) is 0 Å². The first-order chi connectivity index (χ1) is 25.3. The van der Waals surface area contributed by atoms with Crippen molar-refractivity contribution in [1.82, 2.24) is 19.1 Å². The summed E-state index contributed by atoms with van der Waals surface area (Å²) in [4.78, 5) is 10.5. The molecule has 0 unspecified atom stereocenters. The molecular formula is C46H28N4O. The van der Waals surface area contributed by atoms with E-state index in [9.17, 15) is 0 Å². The number of furan rings is 1. The number of hydrogen-bond donors (Lipinski definition) is 0. The molecule has 11 rings (SSSR count). The molecule has 0 amide bonds. The van der Waals surface area contributed by atoms with Crippen molar-refractivity contribution in [2.75, 3.05) is 0 Å². The van der Waals surface area contributed by atoms with Crippen molar-refractivity contribution < 1.29 is 4.42 Å². The molecule has 11 aromatic rings. The standard InChI is InChI=1S/C46H28N4O/c1-3-13-29(14-4-1)36-28-37(30-15-5-2-6-16-30)48-46(47-36)50-39-21-11-8-19-34(39)45-41(50)25-24-40-44(45)33-18-7-10-20-38(33)49(40)31-23-26-43-35(27-31)32-17-9-12-22-42(32)51-43/h1-28H. The Morgan fingerprint density at radius 3 is 1.53 bits per heavy atom. The Bertz CT molecular complexity index is 3080. The van der Waals surface area contributed by atoms with Gasteiger partial charge in [0.25, 0.3) is 0 Å². The molecule has 0 aliphatic rings. The Kier molecular flexibility index (Phi) is 5.89. The van der Waals surface area contributed by atoms with Crippen LogP contribution >= 0.6 is 0 Å². The zero-order chi connectivity index (χ0) is 33.5. The smallest absolute Gasteiger partial charge is 0.235 e. The molecule has 5 nitrogen and oxygen atoms in total. The van der Waals surface area contributed by atoms with Crippen molar-refractivity contribution >= 4 is 65.6 Å². The largest absolute Gasteiger partial charge is 0.456 e. The lowest BCUT2D eigenvalue weighted by Gasteiger charge is -2.12. The number of rotatable bonds is 4. The topological polar surface area (TPSA) is 48.8 Å². The molecule has 0 bridgehead atoms. The second kappa shape index (κ2) is 10.8. The SMILES string of the molecule is c1ccc(-c2cc(-c3ccccc3)nc(-n3c4ccccc4c4c5c6ccccc6n(-c6ccc7oc8ccccc8c7c6)c5ccc43)n2)cc1. The molecule has 0 N–H and O–H groups in total. The van der Waals surface area contributed by atoms with Crippen molar-refractivity contribution in [3.05, 3.63) is 170 Å². The molecule has 7 aromatic carbocycles. The maximum absolute atomic E-state index is 6.20. The highest BCUT2D eigenvalue weighted by Crippen LogP contribution is 2.43. The minimum absolute atomic E-state index is 0.641. The van der Waals surface area contributed by atoms with Gasteiger partial charge in [-0.05, 0) is 54.6 Å². The highest BCUT2D eigenvalue weighted by molar-refractivity contribution is 6.29. The Morgan fingerprint density at radius 1 is 0.373 bits per heavy atom. The van der Waals surface area contributed by atoms with Gasteiger partial charge < -0.3 is 8.98 Å². The Morgan fingerprint density at radius 2 is 0.882 bits per heavy atom. The number of hydrogen-bond acceptors (Lipinski definition) is 3. The van der Waals surface area contributed by atoms with Crippen LogP contribution in [-0.2, 0) is 0 Å². The van der Waals surface area contributed by atoms with E-state index < -0.39 is 0 Å². The van der Waals surface area contributed by atoms with Crippen LogP contribution in [0.15, 0.2) is 174 Å². The first kappa shape index (κ1) is 27.9. The molecule has 51 heavy (non-hydrogen) atoms. The average molecular weight is 653 g/mol. The average Bonchev–Trinajstić information content (AvgIpc) is 3.85. The van der Waals surface area contributed by atoms with Gasteiger partial charge in [-0.25, -0.2) is 9.97 Å². The van der Waals surface area contributed by atoms with Crippen LogP contribution in [0.4, 0.5) is 0 Å². The van der Waals surface area contributed by atoms with Gasteiger partial charge in [-0.15, -0.1) is 0 Å². The second-order valence-electron chi connectivity index (χ2n) is 13.0. The van der Waals surface area contributed by atoms with Crippen LogP contribution in [0.2, 0.25) is 0 Å². The van der Waals surface area contributed by atoms with Crippen LogP contribution in [0.25, 0.3) is 99.7 Å². The summed E-state index contributed by atoms with van der Waals surface area (Å²) in [6.45, 7) is 0. The van der Waals surface area contributed by atoms with Gasteiger partial charge in [-0.2, -0.15) is 0 Å². The third-order valence-electron chi connectivity index (χ3n) is 10.1. The first-order valence-electron chi connectivity index (χ1n) is 17.2. The van der Waals surface area contributed by atoms with Crippen LogP contribution in [-0.4, -0.2) is 19.1 Å². The lowest BCUT2D eigenvalue weighted by atomic mass is 10.1. The molecule has 4 heterocycles. The minimum Gasteiger partial charge on any atom is -0.456 e. The third kappa shape index (κ3) is 4.15. The molecular weight excluding hydrogens is 625 g/mol. The number of para-hydroxylation sites is 3. The van der Waals surface area contributed by atoms with E-state index in [-0.39, 0.29) is 0 Å². The molecule has 0 atom stereocenters. The molecule has 0 aliphatic heterocycles. The van der Waals surface area contributed by atoms with Crippen molar-refractivity contribution in [1.29, 1.82) is 0 Å². The normalized spacial score (nSPS) is 11.9. The molecule has 0 aliphatic carbocycles. The summed E-state index contributed by atoms with van der Waals surface area (Å²) in [7, 11) is 0. The maximum atomic E-state index is 6.20. The maximum Gasteiger partial charge on any atom is 0.235 e. The van der Waals surface area contributed by atoms with E-state index in [1.54, 1.807) is 0 Å². The van der Waals surface area contributed by atoms with E-state index in [2.05, 4.69) is 155 Å². The Balaban J connectivity index is 1.23. The van der Waals surface area contributed by atoms with Gasteiger partial charge in [0.15, 0.2) is 0 Å². The third-order valence-corrected chi connectivity index (χ3v) is 10.1. The van der Waals surface area contributed by atoms with Gasteiger partial charge in [0.05, 0.1) is 33.5 Å². The lowest BCUT2D eigenvalue weighted by molar-refractivity contribution is 0.669. The van der Waals surface area contributed by atoms with Crippen molar-refractivity contribution in [3.63, 3.8) is 0 Å².